The first-order valence-corrected chi connectivity index (χ1v) is 7.17. The van der Waals surface area contributed by atoms with Crippen molar-refractivity contribution >= 4 is 16.0 Å². The second-order valence-electron chi connectivity index (χ2n) is 3.82. The molecule has 0 bridgehead atoms. The molecule has 0 amide bonds. The van der Waals surface area contributed by atoms with E-state index in [1.165, 1.54) is 6.20 Å². The number of furan rings is 1. The smallest absolute Gasteiger partial charge is 0.371 e. The molecule has 9 heteroatoms. The number of hydrogen-bond acceptors (Lipinski definition) is 6. The van der Waals surface area contributed by atoms with Crippen molar-refractivity contribution < 1.29 is 27.2 Å². The molecule has 0 saturated heterocycles. The summed E-state index contributed by atoms with van der Waals surface area (Å²) in [6, 6.07) is 2.13. The molecule has 0 spiro atoms. The molecule has 20 heavy (non-hydrogen) atoms. The summed E-state index contributed by atoms with van der Waals surface area (Å²) in [5.74, 6) is -0.928. The Labute approximate surface area is 114 Å². The average molecular weight is 300 g/mol. The van der Waals surface area contributed by atoms with E-state index in [-0.39, 0.29) is 12.4 Å². The molecule has 2 aromatic heterocycles. The Morgan fingerprint density at radius 1 is 1.40 bits per heavy atom. The summed E-state index contributed by atoms with van der Waals surface area (Å²) >= 11 is 0. The first-order chi connectivity index (χ1) is 9.42. The highest BCUT2D eigenvalue weighted by Crippen LogP contribution is 2.14. The zero-order chi connectivity index (χ0) is 14.8. The van der Waals surface area contributed by atoms with Gasteiger partial charge in [0.2, 0.25) is 16.7 Å². The van der Waals surface area contributed by atoms with Crippen molar-refractivity contribution in [2.24, 2.45) is 0 Å². The van der Waals surface area contributed by atoms with Crippen molar-refractivity contribution in [1.82, 2.24) is 9.71 Å². The van der Waals surface area contributed by atoms with Gasteiger partial charge in [0.1, 0.15) is 5.76 Å². The third kappa shape index (κ3) is 3.06. The molecule has 108 valence electrons. The maximum atomic E-state index is 11.9. The van der Waals surface area contributed by atoms with Crippen molar-refractivity contribution in [2.75, 3.05) is 0 Å². The fraction of sp³-hybridized carbons (Fsp3) is 0.273. The van der Waals surface area contributed by atoms with E-state index in [1.807, 2.05) is 6.92 Å². The molecule has 0 aliphatic carbocycles. The standard InChI is InChI=1S/C11H12N2O6S/c1-2-7-5-12-9(18-7)6-13-20(16,17)10-4-3-8(19-10)11(14)15/h3-5,13H,2,6H2,1H3,(H,14,15). The molecule has 2 N–H and O–H groups in total. The lowest BCUT2D eigenvalue weighted by Gasteiger charge is -2.01. The third-order valence-electron chi connectivity index (χ3n) is 2.42. The predicted octanol–water partition coefficient (Wildman–Crippen LogP) is 1.01. The van der Waals surface area contributed by atoms with Crippen LogP contribution >= 0.6 is 0 Å². The van der Waals surface area contributed by atoms with Crippen LogP contribution in [-0.2, 0) is 23.0 Å². The van der Waals surface area contributed by atoms with Crippen LogP contribution in [0.2, 0.25) is 0 Å². The van der Waals surface area contributed by atoms with E-state index in [0.29, 0.717) is 12.2 Å². The fourth-order valence-electron chi connectivity index (χ4n) is 1.40. The Balaban J connectivity index is 2.08. The summed E-state index contributed by atoms with van der Waals surface area (Å²) in [5, 5.41) is 8.19. The molecule has 0 aromatic carbocycles. The van der Waals surface area contributed by atoms with Gasteiger partial charge in [-0.05, 0) is 12.1 Å². The minimum absolute atomic E-state index is 0.147. The molecule has 8 nitrogen and oxygen atoms in total. The zero-order valence-corrected chi connectivity index (χ0v) is 11.3. The largest absolute Gasteiger partial charge is 0.475 e. The summed E-state index contributed by atoms with van der Waals surface area (Å²) < 4.78 is 35.9. The number of carboxylic acids is 1. The lowest BCUT2D eigenvalue weighted by Crippen LogP contribution is -2.23. The lowest BCUT2D eigenvalue weighted by molar-refractivity contribution is 0.0656. The van der Waals surface area contributed by atoms with Crippen LogP contribution in [-0.4, -0.2) is 24.5 Å². The molecule has 2 heterocycles. The average Bonchev–Trinajstić information content (AvgIpc) is 3.05. The van der Waals surface area contributed by atoms with Crippen LogP contribution in [0.15, 0.2) is 32.3 Å². The molecule has 0 radical (unpaired) electrons. The van der Waals surface area contributed by atoms with E-state index < -0.39 is 26.8 Å². The van der Waals surface area contributed by atoms with Crippen LogP contribution < -0.4 is 4.72 Å². The normalized spacial score (nSPS) is 11.7. The number of aryl methyl sites for hydroxylation is 1. The maximum Gasteiger partial charge on any atom is 0.371 e. The predicted molar refractivity (Wildman–Crippen MR) is 65.6 cm³/mol. The van der Waals surface area contributed by atoms with Gasteiger partial charge in [0, 0.05) is 6.42 Å². The molecule has 0 fully saturated rings. The summed E-state index contributed by atoms with van der Waals surface area (Å²) in [5.41, 5.74) is 0. The Morgan fingerprint density at radius 2 is 2.15 bits per heavy atom. The Kier molecular flexibility index (Phi) is 3.91. The molecule has 0 atom stereocenters. The van der Waals surface area contributed by atoms with Gasteiger partial charge in [-0.15, -0.1) is 0 Å². The Hall–Kier alpha value is -2.13. The van der Waals surface area contributed by atoms with E-state index in [2.05, 4.69) is 9.71 Å². The van der Waals surface area contributed by atoms with Gasteiger partial charge in [0.25, 0.3) is 10.0 Å². The van der Waals surface area contributed by atoms with Crippen molar-refractivity contribution in [3.05, 3.63) is 35.7 Å². The number of sulfonamides is 1. The first kappa shape index (κ1) is 14.3. The molecule has 0 saturated carbocycles. The van der Waals surface area contributed by atoms with Crippen molar-refractivity contribution in [3.63, 3.8) is 0 Å². The van der Waals surface area contributed by atoms with Crippen molar-refractivity contribution in [2.45, 2.75) is 25.0 Å². The lowest BCUT2D eigenvalue weighted by atomic mass is 10.4. The summed E-state index contributed by atoms with van der Waals surface area (Å²) in [7, 11) is -3.95. The summed E-state index contributed by atoms with van der Waals surface area (Å²) in [4.78, 5) is 14.5. The molecule has 0 aliphatic rings. The second-order valence-corrected chi connectivity index (χ2v) is 5.52. The first-order valence-electron chi connectivity index (χ1n) is 5.68. The van der Waals surface area contributed by atoms with E-state index in [4.69, 9.17) is 13.9 Å². The number of aromatic carboxylic acids is 1. The number of oxazole rings is 1. The topological polar surface area (TPSA) is 123 Å². The second kappa shape index (κ2) is 5.47. The quantitative estimate of drug-likeness (QED) is 0.815. The van der Waals surface area contributed by atoms with Gasteiger partial charge >= 0.3 is 5.97 Å². The van der Waals surface area contributed by atoms with Gasteiger partial charge in [-0.2, -0.15) is 4.72 Å². The number of carbonyl (C=O) groups is 1. The van der Waals surface area contributed by atoms with Crippen LogP contribution in [0.3, 0.4) is 0 Å². The van der Waals surface area contributed by atoms with Crippen LogP contribution in [0.4, 0.5) is 0 Å². The van der Waals surface area contributed by atoms with Crippen LogP contribution in [0.25, 0.3) is 0 Å². The van der Waals surface area contributed by atoms with Crippen LogP contribution in [0.1, 0.15) is 29.1 Å². The molecule has 2 aromatic rings. The number of hydrogen-bond donors (Lipinski definition) is 2. The minimum Gasteiger partial charge on any atom is -0.475 e. The van der Waals surface area contributed by atoms with Crippen LogP contribution in [0.5, 0.6) is 0 Å². The molecular formula is C11H12N2O6S. The van der Waals surface area contributed by atoms with E-state index in [9.17, 15) is 13.2 Å². The highest BCUT2D eigenvalue weighted by atomic mass is 32.2. The molecule has 2 rings (SSSR count). The zero-order valence-electron chi connectivity index (χ0n) is 10.5. The highest BCUT2D eigenvalue weighted by molar-refractivity contribution is 7.89. The Morgan fingerprint density at radius 3 is 2.70 bits per heavy atom. The Bertz CT molecular complexity index is 715. The number of nitrogens with one attached hydrogen (secondary N) is 1. The number of rotatable bonds is 6. The van der Waals surface area contributed by atoms with E-state index in [0.717, 1.165) is 12.1 Å². The van der Waals surface area contributed by atoms with Gasteiger partial charge < -0.3 is 13.9 Å². The summed E-state index contributed by atoms with van der Waals surface area (Å²) in [6.07, 6.45) is 2.17. The molecule has 0 unspecified atom stereocenters. The maximum absolute atomic E-state index is 11.9. The van der Waals surface area contributed by atoms with Crippen molar-refractivity contribution in [1.29, 1.82) is 0 Å². The highest BCUT2D eigenvalue weighted by Gasteiger charge is 2.21. The molecule has 0 aliphatic heterocycles. The monoisotopic (exact) mass is 300 g/mol. The minimum atomic E-state index is -3.95. The summed E-state index contributed by atoms with van der Waals surface area (Å²) in [6.45, 7) is 1.73. The van der Waals surface area contributed by atoms with Gasteiger partial charge in [0.15, 0.2) is 0 Å². The SMILES string of the molecule is CCc1cnc(CNS(=O)(=O)c2ccc(C(=O)O)o2)o1. The van der Waals surface area contributed by atoms with Gasteiger partial charge in [-0.1, -0.05) is 6.92 Å². The number of aromatic nitrogens is 1. The van der Waals surface area contributed by atoms with Gasteiger partial charge in [-0.3, -0.25) is 0 Å². The van der Waals surface area contributed by atoms with Crippen LogP contribution in [0, 0.1) is 0 Å². The number of carboxylic acid groups (broad SMARTS) is 1. The van der Waals surface area contributed by atoms with Crippen molar-refractivity contribution in [3.8, 4) is 0 Å². The third-order valence-corrected chi connectivity index (χ3v) is 3.69. The number of nitrogens with zero attached hydrogens (tertiary/aromatic N) is 1. The van der Waals surface area contributed by atoms with E-state index in [1.54, 1.807) is 0 Å². The fourth-order valence-corrected chi connectivity index (χ4v) is 2.30. The van der Waals surface area contributed by atoms with E-state index >= 15 is 0 Å². The molecular weight excluding hydrogens is 288 g/mol. The van der Waals surface area contributed by atoms with Gasteiger partial charge in [-0.25, -0.2) is 18.2 Å². The van der Waals surface area contributed by atoms with Gasteiger partial charge in [0.05, 0.1) is 12.7 Å².